The molecule has 18 heavy (non-hydrogen) atoms. The molecule has 0 unspecified atom stereocenters. The minimum absolute atomic E-state index is 0.297. The van der Waals surface area contributed by atoms with Gasteiger partial charge >= 0.3 is 5.97 Å². The normalized spacial score (nSPS) is 10.1. The van der Waals surface area contributed by atoms with E-state index >= 15 is 0 Å². The van der Waals surface area contributed by atoms with Crippen LogP contribution in [-0.2, 0) is 6.54 Å². The lowest BCUT2D eigenvalue weighted by atomic mass is 10.1. The van der Waals surface area contributed by atoms with Crippen molar-refractivity contribution in [3.63, 3.8) is 0 Å². The van der Waals surface area contributed by atoms with Crippen molar-refractivity contribution in [2.75, 3.05) is 5.32 Å². The van der Waals surface area contributed by atoms with E-state index in [0.29, 0.717) is 17.1 Å². The van der Waals surface area contributed by atoms with Crippen molar-refractivity contribution in [1.29, 1.82) is 0 Å². The van der Waals surface area contributed by atoms with Gasteiger partial charge in [-0.1, -0.05) is 23.7 Å². The predicted octanol–water partition coefficient (Wildman–Crippen LogP) is 3.65. The Morgan fingerprint density at radius 2 is 1.89 bits per heavy atom. The Balaban J connectivity index is 2.04. The van der Waals surface area contributed by atoms with Crippen LogP contribution in [0.3, 0.4) is 0 Å². The minimum Gasteiger partial charge on any atom is -0.478 e. The van der Waals surface area contributed by atoms with E-state index in [4.69, 9.17) is 16.7 Å². The molecule has 2 aromatic carbocycles. The molecule has 4 heteroatoms. The van der Waals surface area contributed by atoms with Crippen LogP contribution in [0, 0.1) is 0 Å². The highest BCUT2D eigenvalue weighted by molar-refractivity contribution is 6.30. The zero-order chi connectivity index (χ0) is 13.0. The van der Waals surface area contributed by atoms with E-state index in [2.05, 4.69) is 5.32 Å². The average Bonchev–Trinajstić information content (AvgIpc) is 2.38. The van der Waals surface area contributed by atoms with Gasteiger partial charge in [-0.3, -0.25) is 0 Å². The summed E-state index contributed by atoms with van der Waals surface area (Å²) in [5.74, 6) is -0.914. The first kappa shape index (κ1) is 12.5. The summed E-state index contributed by atoms with van der Waals surface area (Å²) in [5, 5.41) is 12.8. The van der Waals surface area contributed by atoms with Crippen LogP contribution in [-0.4, -0.2) is 11.1 Å². The fourth-order valence-electron chi connectivity index (χ4n) is 1.59. The van der Waals surface area contributed by atoms with E-state index in [-0.39, 0.29) is 0 Å². The van der Waals surface area contributed by atoms with Gasteiger partial charge in [0.25, 0.3) is 0 Å². The molecule has 92 valence electrons. The molecule has 0 spiro atoms. The fraction of sp³-hybridized carbons (Fsp3) is 0.0714. The molecular weight excluding hydrogens is 250 g/mol. The number of hydrogen-bond acceptors (Lipinski definition) is 2. The molecule has 0 fully saturated rings. The first-order chi connectivity index (χ1) is 8.65. The van der Waals surface area contributed by atoms with Crippen LogP contribution < -0.4 is 5.32 Å². The summed E-state index contributed by atoms with van der Waals surface area (Å²) < 4.78 is 0. The Morgan fingerprint density at radius 3 is 2.56 bits per heavy atom. The van der Waals surface area contributed by atoms with Crippen LogP contribution in [0.1, 0.15) is 15.9 Å². The monoisotopic (exact) mass is 261 g/mol. The number of nitrogens with one attached hydrogen (secondary N) is 1. The van der Waals surface area contributed by atoms with E-state index in [1.54, 1.807) is 30.3 Å². The third-order valence-corrected chi connectivity index (χ3v) is 2.77. The zero-order valence-electron chi connectivity index (χ0n) is 9.56. The van der Waals surface area contributed by atoms with E-state index in [1.807, 2.05) is 18.2 Å². The molecule has 0 radical (unpaired) electrons. The lowest BCUT2D eigenvalue weighted by Gasteiger charge is -2.07. The Kier molecular flexibility index (Phi) is 3.85. The second kappa shape index (κ2) is 5.56. The summed E-state index contributed by atoms with van der Waals surface area (Å²) in [4.78, 5) is 10.8. The summed E-state index contributed by atoms with van der Waals surface area (Å²) >= 11 is 5.79. The number of hydrogen-bond donors (Lipinski definition) is 2. The molecule has 0 aliphatic carbocycles. The van der Waals surface area contributed by atoms with Crippen LogP contribution in [0.5, 0.6) is 0 Å². The Hall–Kier alpha value is -2.00. The molecular formula is C14H12ClNO2. The highest BCUT2D eigenvalue weighted by atomic mass is 35.5. The van der Waals surface area contributed by atoms with Crippen molar-refractivity contribution in [2.45, 2.75) is 6.54 Å². The van der Waals surface area contributed by atoms with Crippen molar-refractivity contribution in [1.82, 2.24) is 0 Å². The van der Waals surface area contributed by atoms with Crippen LogP contribution >= 0.6 is 11.6 Å². The first-order valence-electron chi connectivity index (χ1n) is 5.47. The van der Waals surface area contributed by atoms with Crippen molar-refractivity contribution in [2.24, 2.45) is 0 Å². The molecule has 0 bridgehead atoms. The van der Waals surface area contributed by atoms with Crippen molar-refractivity contribution < 1.29 is 9.90 Å². The van der Waals surface area contributed by atoms with E-state index in [9.17, 15) is 4.79 Å². The van der Waals surface area contributed by atoms with Gasteiger partial charge in [0.15, 0.2) is 0 Å². The number of carbonyl (C=O) groups is 1. The standard InChI is InChI=1S/C14H12ClNO2/c15-12-4-6-13(7-5-12)16-9-10-2-1-3-11(8-10)14(17)18/h1-8,16H,9H2,(H,17,18). The fourth-order valence-corrected chi connectivity index (χ4v) is 1.71. The number of rotatable bonds is 4. The number of benzene rings is 2. The van der Waals surface area contributed by atoms with Gasteiger partial charge in [-0.2, -0.15) is 0 Å². The maximum absolute atomic E-state index is 10.8. The van der Waals surface area contributed by atoms with Gasteiger partial charge in [0.1, 0.15) is 0 Å². The van der Waals surface area contributed by atoms with Gasteiger partial charge in [-0.15, -0.1) is 0 Å². The summed E-state index contributed by atoms with van der Waals surface area (Å²) in [5.41, 5.74) is 2.16. The SMILES string of the molecule is O=C(O)c1cccc(CNc2ccc(Cl)cc2)c1. The number of anilines is 1. The van der Waals surface area contributed by atoms with Crippen molar-refractivity contribution in [3.8, 4) is 0 Å². The molecule has 0 atom stereocenters. The first-order valence-corrected chi connectivity index (χ1v) is 5.84. The topological polar surface area (TPSA) is 49.3 Å². The third kappa shape index (κ3) is 3.25. The van der Waals surface area contributed by atoms with E-state index < -0.39 is 5.97 Å². The molecule has 2 N–H and O–H groups in total. The molecule has 2 aromatic rings. The smallest absolute Gasteiger partial charge is 0.335 e. The van der Waals surface area contributed by atoms with Crippen LogP contribution in [0.25, 0.3) is 0 Å². The van der Waals surface area contributed by atoms with Crippen molar-refractivity contribution in [3.05, 3.63) is 64.7 Å². The summed E-state index contributed by atoms with van der Waals surface area (Å²) in [6.45, 7) is 0.572. The van der Waals surface area contributed by atoms with Gasteiger partial charge < -0.3 is 10.4 Å². The number of carboxylic acid groups (broad SMARTS) is 1. The molecule has 0 aromatic heterocycles. The summed E-state index contributed by atoms with van der Waals surface area (Å²) in [7, 11) is 0. The minimum atomic E-state index is -0.914. The highest BCUT2D eigenvalue weighted by Gasteiger charge is 2.02. The molecule has 0 heterocycles. The van der Waals surface area contributed by atoms with Crippen LogP contribution in [0.15, 0.2) is 48.5 Å². The van der Waals surface area contributed by atoms with Crippen LogP contribution in [0.2, 0.25) is 5.02 Å². The predicted molar refractivity (Wildman–Crippen MR) is 72.2 cm³/mol. The van der Waals surface area contributed by atoms with Gasteiger partial charge in [0, 0.05) is 17.3 Å². The average molecular weight is 262 g/mol. The quantitative estimate of drug-likeness (QED) is 0.883. The number of carboxylic acids is 1. The Morgan fingerprint density at radius 1 is 1.17 bits per heavy atom. The molecule has 0 saturated carbocycles. The largest absolute Gasteiger partial charge is 0.478 e. The van der Waals surface area contributed by atoms with Crippen LogP contribution in [0.4, 0.5) is 5.69 Å². The lowest BCUT2D eigenvalue weighted by molar-refractivity contribution is 0.0697. The third-order valence-electron chi connectivity index (χ3n) is 2.51. The maximum Gasteiger partial charge on any atom is 0.335 e. The molecule has 0 aliphatic heterocycles. The van der Waals surface area contributed by atoms with Gasteiger partial charge in [-0.05, 0) is 42.0 Å². The maximum atomic E-state index is 10.8. The van der Waals surface area contributed by atoms with E-state index in [1.165, 1.54) is 0 Å². The van der Waals surface area contributed by atoms with E-state index in [0.717, 1.165) is 11.3 Å². The number of aromatic carboxylic acids is 1. The Bertz CT molecular complexity index is 552. The highest BCUT2D eigenvalue weighted by Crippen LogP contribution is 2.14. The second-order valence-electron chi connectivity index (χ2n) is 3.87. The molecule has 0 aliphatic rings. The van der Waals surface area contributed by atoms with Gasteiger partial charge in [-0.25, -0.2) is 4.79 Å². The lowest BCUT2D eigenvalue weighted by Crippen LogP contribution is -2.02. The van der Waals surface area contributed by atoms with Gasteiger partial charge in [0.05, 0.1) is 5.56 Å². The summed E-state index contributed by atoms with van der Waals surface area (Å²) in [6.07, 6.45) is 0. The molecule has 0 amide bonds. The Labute approximate surface area is 110 Å². The molecule has 3 nitrogen and oxygen atoms in total. The van der Waals surface area contributed by atoms with Crippen molar-refractivity contribution >= 4 is 23.3 Å². The summed E-state index contributed by atoms with van der Waals surface area (Å²) in [6, 6.07) is 14.2. The molecule has 2 rings (SSSR count). The van der Waals surface area contributed by atoms with Gasteiger partial charge in [0.2, 0.25) is 0 Å². The molecule has 0 saturated heterocycles. The second-order valence-corrected chi connectivity index (χ2v) is 4.30. The zero-order valence-corrected chi connectivity index (χ0v) is 10.3. The number of halogens is 1.